The van der Waals surface area contributed by atoms with E-state index in [0.717, 1.165) is 11.3 Å². The third-order valence-electron chi connectivity index (χ3n) is 1.20. The molecule has 1 aromatic rings. The van der Waals surface area contributed by atoms with Gasteiger partial charge in [-0.05, 0) is 17.7 Å². The maximum Gasteiger partial charge on any atom is 0.110 e. The summed E-state index contributed by atoms with van der Waals surface area (Å²) in [6.07, 6.45) is 0. The quantitative estimate of drug-likeness (QED) is 0.643. The van der Waals surface area contributed by atoms with E-state index in [1.54, 1.807) is 0 Å². The summed E-state index contributed by atoms with van der Waals surface area (Å²) in [6, 6.07) is 7.64. The molecule has 0 saturated heterocycles. The highest BCUT2D eigenvalue weighted by atomic mass is 127. The first kappa shape index (κ1) is 7.81. The number of hydrogen-bond donors (Lipinski definition) is 1. The van der Waals surface area contributed by atoms with Crippen molar-refractivity contribution >= 4 is 28.7 Å². The van der Waals surface area contributed by atoms with Crippen LogP contribution in [0, 0.1) is 0 Å². The van der Waals surface area contributed by atoms with E-state index < -0.39 is 0 Å². The summed E-state index contributed by atoms with van der Waals surface area (Å²) in [6.45, 7) is 0.640. The molecule has 0 aromatic heterocycles. The molecule has 10 heavy (non-hydrogen) atoms. The van der Waals surface area contributed by atoms with Gasteiger partial charge in [-0.3, -0.25) is 0 Å². The zero-order valence-electron chi connectivity index (χ0n) is 5.38. The molecule has 0 atom stereocenters. The van der Waals surface area contributed by atoms with Crippen molar-refractivity contribution in [1.82, 2.24) is 0 Å². The van der Waals surface area contributed by atoms with Crippen LogP contribution in [0.1, 0.15) is 5.56 Å². The monoisotopic (exact) mass is 249 g/mol. The van der Waals surface area contributed by atoms with Gasteiger partial charge in [0.2, 0.25) is 0 Å². The van der Waals surface area contributed by atoms with Crippen molar-refractivity contribution in [3.8, 4) is 0 Å². The molecule has 2 N–H and O–H groups in total. The lowest BCUT2D eigenvalue weighted by Gasteiger charge is -1.96. The molecule has 0 heterocycles. The number of rotatable bonds is 2. The fourth-order valence-electron chi connectivity index (χ4n) is 0.677. The Kier molecular flexibility index (Phi) is 2.95. The van der Waals surface area contributed by atoms with Crippen molar-refractivity contribution in [3.05, 3.63) is 29.8 Å². The molecule has 0 bridgehead atoms. The average Bonchev–Trinajstić information content (AvgIpc) is 1.95. The summed E-state index contributed by atoms with van der Waals surface area (Å²) >= 11 is 1.87. The Bertz CT molecular complexity index is 197. The van der Waals surface area contributed by atoms with Crippen molar-refractivity contribution in [2.75, 3.05) is 5.73 Å². The van der Waals surface area contributed by atoms with Gasteiger partial charge < -0.3 is 8.80 Å². The van der Waals surface area contributed by atoms with E-state index in [1.807, 2.05) is 47.3 Å². The van der Waals surface area contributed by atoms with Crippen LogP contribution in [0.5, 0.6) is 0 Å². The van der Waals surface area contributed by atoms with Gasteiger partial charge >= 0.3 is 0 Å². The van der Waals surface area contributed by atoms with Crippen molar-refractivity contribution in [3.63, 3.8) is 0 Å². The van der Waals surface area contributed by atoms with E-state index in [2.05, 4.69) is 0 Å². The van der Waals surface area contributed by atoms with Gasteiger partial charge in [0, 0.05) is 5.69 Å². The average molecular weight is 249 g/mol. The Morgan fingerprint density at radius 1 is 1.30 bits per heavy atom. The summed E-state index contributed by atoms with van der Waals surface area (Å²) in [7, 11) is 0. The fraction of sp³-hybridized carbons (Fsp3) is 0.143. The van der Waals surface area contributed by atoms with Crippen LogP contribution in [0.15, 0.2) is 24.3 Å². The number of nitrogen functional groups attached to an aromatic ring is 1. The standard InChI is InChI=1S/C7H8INO/c8-10-5-6-1-3-7(9)4-2-6/h1-4H,5,9H2. The molecule has 0 saturated carbocycles. The van der Waals surface area contributed by atoms with Crippen molar-refractivity contribution < 1.29 is 3.07 Å². The first-order valence-corrected chi connectivity index (χ1v) is 3.79. The first-order valence-electron chi connectivity index (χ1n) is 2.91. The van der Waals surface area contributed by atoms with Crippen LogP contribution in [-0.2, 0) is 9.67 Å². The molecule has 0 aliphatic carbocycles. The highest BCUT2D eigenvalue weighted by molar-refractivity contribution is 14.1. The molecular formula is C7H8INO. The topological polar surface area (TPSA) is 35.2 Å². The highest BCUT2D eigenvalue weighted by Gasteiger charge is 1.89. The van der Waals surface area contributed by atoms with Crippen molar-refractivity contribution in [1.29, 1.82) is 0 Å². The van der Waals surface area contributed by atoms with Crippen molar-refractivity contribution in [2.24, 2.45) is 0 Å². The van der Waals surface area contributed by atoms with E-state index in [4.69, 9.17) is 8.80 Å². The zero-order chi connectivity index (χ0) is 7.40. The molecule has 0 aliphatic heterocycles. The van der Waals surface area contributed by atoms with Gasteiger partial charge in [0.25, 0.3) is 0 Å². The van der Waals surface area contributed by atoms with E-state index in [9.17, 15) is 0 Å². The van der Waals surface area contributed by atoms with Gasteiger partial charge in [0.05, 0.1) is 6.61 Å². The normalized spacial score (nSPS) is 9.70. The SMILES string of the molecule is Nc1ccc(COI)cc1. The van der Waals surface area contributed by atoms with E-state index in [0.29, 0.717) is 6.61 Å². The molecule has 0 fully saturated rings. The molecule has 0 radical (unpaired) electrons. The smallest absolute Gasteiger partial charge is 0.110 e. The van der Waals surface area contributed by atoms with Crippen LogP contribution < -0.4 is 5.73 Å². The molecule has 0 amide bonds. The van der Waals surface area contributed by atoms with Crippen molar-refractivity contribution in [2.45, 2.75) is 6.61 Å². The van der Waals surface area contributed by atoms with Gasteiger partial charge in [-0.1, -0.05) is 12.1 Å². The molecule has 2 nitrogen and oxygen atoms in total. The van der Waals surface area contributed by atoms with Gasteiger partial charge in [0.1, 0.15) is 23.0 Å². The van der Waals surface area contributed by atoms with Crippen LogP contribution in [0.25, 0.3) is 0 Å². The Balaban J connectivity index is 2.69. The Hall–Kier alpha value is -0.290. The van der Waals surface area contributed by atoms with Crippen LogP contribution in [-0.4, -0.2) is 0 Å². The molecule has 0 aliphatic rings. The van der Waals surface area contributed by atoms with Crippen LogP contribution >= 0.6 is 23.0 Å². The number of halogens is 1. The van der Waals surface area contributed by atoms with Gasteiger partial charge in [-0.15, -0.1) is 0 Å². The molecular weight excluding hydrogens is 241 g/mol. The number of anilines is 1. The van der Waals surface area contributed by atoms with E-state index >= 15 is 0 Å². The predicted molar refractivity (Wildman–Crippen MR) is 49.7 cm³/mol. The highest BCUT2D eigenvalue weighted by Crippen LogP contribution is 2.07. The third-order valence-corrected chi connectivity index (χ3v) is 1.51. The van der Waals surface area contributed by atoms with Crippen LogP contribution in [0.4, 0.5) is 5.69 Å². The first-order chi connectivity index (χ1) is 4.83. The predicted octanol–water partition coefficient (Wildman–Crippen LogP) is 2.14. The number of hydrogen-bond acceptors (Lipinski definition) is 2. The third kappa shape index (κ3) is 2.15. The fourth-order valence-corrected chi connectivity index (χ4v) is 1.04. The maximum atomic E-state index is 5.48. The van der Waals surface area contributed by atoms with Gasteiger partial charge in [-0.2, -0.15) is 0 Å². The van der Waals surface area contributed by atoms with Crippen LogP contribution in [0.3, 0.4) is 0 Å². The summed E-state index contributed by atoms with van der Waals surface area (Å²) in [5.74, 6) is 0. The molecule has 3 heteroatoms. The Labute approximate surface area is 74.1 Å². The summed E-state index contributed by atoms with van der Waals surface area (Å²) in [5.41, 5.74) is 7.41. The number of benzene rings is 1. The number of nitrogens with two attached hydrogens (primary N) is 1. The van der Waals surface area contributed by atoms with Gasteiger partial charge in [0.15, 0.2) is 0 Å². The minimum Gasteiger partial charge on any atom is -0.399 e. The minimum atomic E-state index is 0.640. The summed E-state index contributed by atoms with van der Waals surface area (Å²) < 4.78 is 4.90. The second-order valence-electron chi connectivity index (χ2n) is 2.00. The van der Waals surface area contributed by atoms with E-state index in [-0.39, 0.29) is 0 Å². The molecule has 1 rings (SSSR count). The molecule has 54 valence electrons. The maximum absolute atomic E-state index is 5.48. The lowest BCUT2D eigenvalue weighted by Crippen LogP contribution is -1.86. The lowest BCUT2D eigenvalue weighted by molar-refractivity contribution is 0.418. The largest absolute Gasteiger partial charge is 0.399 e. The Morgan fingerprint density at radius 2 is 1.90 bits per heavy atom. The molecule has 1 aromatic carbocycles. The van der Waals surface area contributed by atoms with E-state index in [1.165, 1.54) is 0 Å². The second kappa shape index (κ2) is 3.78. The molecule has 0 unspecified atom stereocenters. The Morgan fingerprint density at radius 3 is 2.40 bits per heavy atom. The second-order valence-corrected chi connectivity index (χ2v) is 2.62. The summed E-state index contributed by atoms with van der Waals surface area (Å²) in [5, 5.41) is 0. The van der Waals surface area contributed by atoms with Crippen LogP contribution in [0.2, 0.25) is 0 Å². The minimum absolute atomic E-state index is 0.640. The summed E-state index contributed by atoms with van der Waals surface area (Å²) in [4.78, 5) is 0. The van der Waals surface area contributed by atoms with Gasteiger partial charge in [-0.25, -0.2) is 0 Å². The lowest BCUT2D eigenvalue weighted by atomic mass is 10.2. The zero-order valence-corrected chi connectivity index (χ0v) is 7.54. The molecule has 0 spiro atoms.